The maximum Gasteiger partial charge on any atom is 0.119 e. The van der Waals surface area contributed by atoms with Gasteiger partial charge in [-0.1, -0.05) is 26.0 Å². The number of rotatable bonds is 3. The molecule has 1 aliphatic rings. The van der Waals surface area contributed by atoms with Crippen LogP contribution >= 0.6 is 12.4 Å². The molecule has 1 heterocycles. The van der Waals surface area contributed by atoms with Crippen molar-refractivity contribution in [2.75, 3.05) is 13.7 Å². The smallest absolute Gasteiger partial charge is 0.119 e. The van der Waals surface area contributed by atoms with Gasteiger partial charge in [-0.15, -0.1) is 12.4 Å². The summed E-state index contributed by atoms with van der Waals surface area (Å²) in [7, 11) is 1.69. The van der Waals surface area contributed by atoms with E-state index in [0.29, 0.717) is 6.04 Å². The molecule has 0 radical (unpaired) electrons. The van der Waals surface area contributed by atoms with E-state index in [1.807, 2.05) is 12.1 Å². The van der Waals surface area contributed by atoms with Crippen LogP contribution in [0.4, 0.5) is 0 Å². The van der Waals surface area contributed by atoms with Crippen molar-refractivity contribution in [2.24, 2.45) is 5.41 Å². The van der Waals surface area contributed by atoms with E-state index in [1.54, 1.807) is 7.11 Å². The van der Waals surface area contributed by atoms with E-state index in [2.05, 4.69) is 31.3 Å². The first kappa shape index (κ1) is 16.3. The van der Waals surface area contributed by atoms with Gasteiger partial charge in [-0.25, -0.2) is 0 Å². The van der Waals surface area contributed by atoms with Gasteiger partial charge in [0.2, 0.25) is 0 Å². The van der Waals surface area contributed by atoms with Crippen LogP contribution in [0.1, 0.15) is 25.8 Å². The Balaban J connectivity index is 0.00000180. The van der Waals surface area contributed by atoms with Crippen LogP contribution in [0, 0.1) is 5.41 Å². The average molecular weight is 286 g/mol. The number of hydrogen-bond donors (Lipinski definition) is 2. The molecule has 0 aromatic heterocycles. The monoisotopic (exact) mass is 285 g/mol. The molecular formula is C15H24ClNO2. The van der Waals surface area contributed by atoms with Gasteiger partial charge < -0.3 is 15.2 Å². The molecule has 1 saturated heterocycles. The van der Waals surface area contributed by atoms with E-state index < -0.39 is 0 Å². The van der Waals surface area contributed by atoms with Crippen LogP contribution < -0.4 is 10.1 Å². The highest BCUT2D eigenvalue weighted by atomic mass is 35.5. The number of ether oxygens (including phenoxy) is 1. The Morgan fingerprint density at radius 2 is 2.16 bits per heavy atom. The van der Waals surface area contributed by atoms with Crippen LogP contribution in [-0.2, 0) is 6.42 Å². The van der Waals surface area contributed by atoms with Crippen LogP contribution in [0.15, 0.2) is 24.3 Å². The lowest BCUT2D eigenvalue weighted by Crippen LogP contribution is -2.55. The third kappa shape index (κ3) is 3.62. The van der Waals surface area contributed by atoms with Crippen molar-refractivity contribution in [2.45, 2.75) is 38.8 Å². The molecule has 0 amide bonds. The molecule has 1 aliphatic heterocycles. The summed E-state index contributed by atoms with van der Waals surface area (Å²) in [5.74, 6) is 0.890. The fraction of sp³-hybridized carbons (Fsp3) is 0.600. The zero-order valence-corrected chi connectivity index (χ0v) is 12.7. The number of hydrogen-bond acceptors (Lipinski definition) is 3. The SMILES string of the molecule is COc1cccc(CC2NCCC(O)C2(C)C)c1.Cl. The summed E-state index contributed by atoms with van der Waals surface area (Å²) in [5, 5.41) is 13.6. The molecule has 19 heavy (non-hydrogen) atoms. The third-order valence-electron chi connectivity index (χ3n) is 4.14. The lowest BCUT2D eigenvalue weighted by atomic mass is 9.73. The molecule has 0 spiro atoms. The van der Waals surface area contributed by atoms with Crippen molar-refractivity contribution in [3.8, 4) is 5.75 Å². The molecular weight excluding hydrogens is 262 g/mol. The van der Waals surface area contributed by atoms with Gasteiger partial charge in [0.15, 0.2) is 0 Å². The highest BCUT2D eigenvalue weighted by Crippen LogP contribution is 2.32. The molecule has 1 fully saturated rings. The normalized spacial score (nSPS) is 25.5. The predicted octanol–water partition coefficient (Wildman–Crippen LogP) is 2.41. The lowest BCUT2D eigenvalue weighted by molar-refractivity contribution is -0.00741. The molecule has 3 nitrogen and oxygen atoms in total. The molecule has 2 atom stereocenters. The molecule has 2 N–H and O–H groups in total. The molecule has 2 rings (SSSR count). The minimum atomic E-state index is -0.227. The first-order valence-electron chi connectivity index (χ1n) is 6.58. The summed E-state index contributed by atoms with van der Waals surface area (Å²) in [5.41, 5.74) is 1.15. The highest BCUT2D eigenvalue weighted by molar-refractivity contribution is 5.85. The van der Waals surface area contributed by atoms with Gasteiger partial charge in [0, 0.05) is 11.5 Å². The van der Waals surface area contributed by atoms with Crippen LogP contribution in [0.5, 0.6) is 5.75 Å². The Bertz CT molecular complexity index is 409. The van der Waals surface area contributed by atoms with Gasteiger partial charge in [-0.05, 0) is 37.1 Å². The number of methoxy groups -OCH3 is 1. The molecule has 108 valence electrons. The summed E-state index contributed by atoms with van der Waals surface area (Å²) in [6.45, 7) is 5.16. The second-order valence-electron chi connectivity index (χ2n) is 5.69. The average Bonchev–Trinajstić information content (AvgIpc) is 2.36. The van der Waals surface area contributed by atoms with Crippen LogP contribution in [0.3, 0.4) is 0 Å². The summed E-state index contributed by atoms with van der Waals surface area (Å²) < 4.78 is 5.25. The van der Waals surface area contributed by atoms with Crippen molar-refractivity contribution in [1.29, 1.82) is 0 Å². The minimum Gasteiger partial charge on any atom is -0.497 e. The van der Waals surface area contributed by atoms with E-state index in [-0.39, 0.29) is 23.9 Å². The quantitative estimate of drug-likeness (QED) is 0.896. The van der Waals surface area contributed by atoms with Crippen molar-refractivity contribution in [3.63, 3.8) is 0 Å². The molecule has 0 aliphatic carbocycles. The molecule has 0 bridgehead atoms. The molecule has 1 aromatic carbocycles. The van der Waals surface area contributed by atoms with Gasteiger partial charge in [0.1, 0.15) is 5.75 Å². The number of nitrogens with one attached hydrogen (secondary N) is 1. The Labute approximate surface area is 121 Å². The summed E-state index contributed by atoms with van der Waals surface area (Å²) in [4.78, 5) is 0. The predicted molar refractivity (Wildman–Crippen MR) is 80.1 cm³/mol. The Morgan fingerprint density at radius 1 is 1.42 bits per heavy atom. The topological polar surface area (TPSA) is 41.5 Å². The van der Waals surface area contributed by atoms with Gasteiger partial charge in [-0.3, -0.25) is 0 Å². The standard InChI is InChI=1S/C15H23NO2.ClH/c1-15(2)13(16-8-7-14(15)17)10-11-5-4-6-12(9-11)18-3;/h4-6,9,13-14,16-17H,7-8,10H2,1-3H3;1H. The second kappa shape index (κ2) is 6.60. The third-order valence-corrected chi connectivity index (χ3v) is 4.14. The van der Waals surface area contributed by atoms with Crippen molar-refractivity contribution < 1.29 is 9.84 Å². The van der Waals surface area contributed by atoms with E-state index in [4.69, 9.17) is 4.74 Å². The van der Waals surface area contributed by atoms with Gasteiger partial charge in [-0.2, -0.15) is 0 Å². The first-order valence-corrected chi connectivity index (χ1v) is 6.58. The Morgan fingerprint density at radius 3 is 2.84 bits per heavy atom. The van der Waals surface area contributed by atoms with Gasteiger partial charge in [0.05, 0.1) is 13.2 Å². The first-order chi connectivity index (χ1) is 8.54. The van der Waals surface area contributed by atoms with Gasteiger partial charge >= 0.3 is 0 Å². The Kier molecular flexibility index (Phi) is 5.65. The van der Waals surface area contributed by atoms with E-state index >= 15 is 0 Å². The summed E-state index contributed by atoms with van der Waals surface area (Å²) in [6.07, 6.45) is 1.53. The Hall–Kier alpha value is -0.770. The number of aliphatic hydroxyl groups is 1. The lowest BCUT2D eigenvalue weighted by Gasteiger charge is -2.43. The molecule has 0 saturated carbocycles. The molecule has 4 heteroatoms. The van der Waals surface area contributed by atoms with E-state index in [9.17, 15) is 5.11 Å². The number of piperidine rings is 1. The minimum absolute atomic E-state index is 0. The van der Waals surface area contributed by atoms with Crippen molar-refractivity contribution in [1.82, 2.24) is 5.32 Å². The highest BCUT2D eigenvalue weighted by Gasteiger charge is 2.39. The van der Waals surface area contributed by atoms with Gasteiger partial charge in [0.25, 0.3) is 0 Å². The number of aliphatic hydroxyl groups excluding tert-OH is 1. The maximum atomic E-state index is 10.1. The largest absolute Gasteiger partial charge is 0.497 e. The molecule has 1 aromatic rings. The zero-order chi connectivity index (χ0) is 13.2. The summed E-state index contributed by atoms with van der Waals surface area (Å²) >= 11 is 0. The fourth-order valence-electron chi connectivity index (χ4n) is 2.63. The van der Waals surface area contributed by atoms with Crippen LogP contribution in [0.2, 0.25) is 0 Å². The van der Waals surface area contributed by atoms with E-state index in [0.717, 1.165) is 25.1 Å². The van der Waals surface area contributed by atoms with Crippen LogP contribution in [0.25, 0.3) is 0 Å². The zero-order valence-electron chi connectivity index (χ0n) is 11.8. The van der Waals surface area contributed by atoms with E-state index in [1.165, 1.54) is 5.56 Å². The van der Waals surface area contributed by atoms with Crippen molar-refractivity contribution >= 4 is 12.4 Å². The van der Waals surface area contributed by atoms with Crippen LogP contribution in [-0.4, -0.2) is 30.9 Å². The second-order valence-corrected chi connectivity index (χ2v) is 5.69. The maximum absolute atomic E-state index is 10.1. The number of halogens is 1. The molecule has 2 unspecified atom stereocenters. The summed E-state index contributed by atoms with van der Waals surface area (Å²) in [6, 6.07) is 8.45. The number of benzene rings is 1. The van der Waals surface area contributed by atoms with Crippen molar-refractivity contribution in [3.05, 3.63) is 29.8 Å². The fourth-order valence-corrected chi connectivity index (χ4v) is 2.63.